The Morgan fingerprint density at radius 1 is 0.980 bits per heavy atom. The number of hydrogen-bond acceptors (Lipinski definition) is 10. The number of halogens is 1. The lowest BCUT2D eigenvalue weighted by molar-refractivity contribution is -0.136. The summed E-state index contributed by atoms with van der Waals surface area (Å²) in [6.07, 6.45) is 0.305. The van der Waals surface area contributed by atoms with Crippen molar-refractivity contribution in [3.8, 4) is 23.0 Å². The minimum atomic E-state index is -1.19. The summed E-state index contributed by atoms with van der Waals surface area (Å²) in [5.74, 6) is 1.01. The van der Waals surface area contributed by atoms with Crippen LogP contribution in [0.4, 0.5) is 4.79 Å². The molecule has 1 aliphatic heterocycles. The number of carbonyl (C=O) groups excluding carboxylic acids is 2. The molecule has 0 radical (unpaired) electrons. The molecule has 0 aromatic heterocycles. The second-order valence-corrected chi connectivity index (χ2v) is 11.5. The predicted molar refractivity (Wildman–Crippen MR) is 190 cm³/mol. The standard InChI is InChI=1S/C37H39ClN4O8/c1-5-47-30-18-25(34-33(36(44)46-4)22(3)40-37(45)41-34)14-15-29(30)49-21-32(43)42-39-19-23-16-28(38)35(31(17-23)48-6-2)50-20-26-12-9-11-24-10-7-8-13-27(24)26/h7-19,32,34,42-43H,5-6,20-21H2,1-4H3,(H2,40,41,45)/b39-19-/t32-,34-/m0/s1. The molecule has 4 N–H and O–H groups in total. The number of carbonyl (C=O) groups is 2. The average molecular weight is 703 g/mol. The van der Waals surface area contributed by atoms with E-state index in [2.05, 4.69) is 39.4 Å². The summed E-state index contributed by atoms with van der Waals surface area (Å²) >= 11 is 6.64. The average Bonchev–Trinajstić information content (AvgIpc) is 3.10. The zero-order valence-electron chi connectivity index (χ0n) is 28.1. The van der Waals surface area contributed by atoms with E-state index in [0.717, 1.165) is 16.3 Å². The molecular formula is C37H39ClN4O8. The van der Waals surface area contributed by atoms with Gasteiger partial charge in [0.2, 0.25) is 0 Å². The third kappa shape index (κ3) is 8.57. The van der Waals surface area contributed by atoms with Gasteiger partial charge in [-0.15, -0.1) is 0 Å². The van der Waals surface area contributed by atoms with Crippen LogP contribution in [0.25, 0.3) is 10.8 Å². The van der Waals surface area contributed by atoms with Crippen LogP contribution in [0.3, 0.4) is 0 Å². The van der Waals surface area contributed by atoms with Gasteiger partial charge in [-0.1, -0.05) is 60.1 Å². The number of fused-ring (bicyclic) bond motifs is 1. The molecule has 0 saturated heterocycles. The third-order valence-corrected chi connectivity index (χ3v) is 7.97. The summed E-state index contributed by atoms with van der Waals surface area (Å²) in [4.78, 5) is 24.7. The maximum absolute atomic E-state index is 12.5. The number of allylic oxidation sites excluding steroid dienone is 1. The second-order valence-electron chi connectivity index (χ2n) is 11.1. The van der Waals surface area contributed by atoms with Crippen LogP contribution in [0.1, 0.15) is 43.5 Å². The van der Waals surface area contributed by atoms with E-state index >= 15 is 0 Å². The smallest absolute Gasteiger partial charge is 0.337 e. The van der Waals surface area contributed by atoms with Crippen molar-refractivity contribution in [3.05, 3.63) is 106 Å². The van der Waals surface area contributed by atoms with Crippen molar-refractivity contribution in [1.29, 1.82) is 0 Å². The van der Waals surface area contributed by atoms with Crippen molar-refractivity contribution in [1.82, 2.24) is 16.1 Å². The van der Waals surface area contributed by atoms with E-state index in [0.29, 0.717) is 64.7 Å². The van der Waals surface area contributed by atoms with E-state index in [4.69, 9.17) is 35.3 Å². The number of ether oxygens (including phenoxy) is 5. The van der Waals surface area contributed by atoms with Crippen LogP contribution in [0, 0.1) is 0 Å². The van der Waals surface area contributed by atoms with E-state index in [1.54, 1.807) is 37.3 Å². The van der Waals surface area contributed by atoms with E-state index in [1.165, 1.54) is 13.3 Å². The highest BCUT2D eigenvalue weighted by Gasteiger charge is 2.32. The number of hydrogen-bond donors (Lipinski definition) is 4. The number of nitrogens with zero attached hydrogens (tertiary/aromatic N) is 1. The highest BCUT2D eigenvalue weighted by molar-refractivity contribution is 6.32. The molecule has 0 bridgehead atoms. The first-order valence-electron chi connectivity index (χ1n) is 16.0. The van der Waals surface area contributed by atoms with E-state index in [9.17, 15) is 14.7 Å². The number of amides is 2. The fourth-order valence-corrected chi connectivity index (χ4v) is 5.73. The van der Waals surface area contributed by atoms with Gasteiger partial charge in [0.05, 0.1) is 43.2 Å². The van der Waals surface area contributed by atoms with E-state index in [-0.39, 0.29) is 12.2 Å². The molecule has 2 atom stereocenters. The second kappa shape index (κ2) is 16.8. The lowest BCUT2D eigenvalue weighted by atomic mass is 9.95. The molecule has 2 amide bonds. The molecule has 0 aliphatic carbocycles. The van der Waals surface area contributed by atoms with Crippen LogP contribution in [0.15, 0.2) is 89.2 Å². The fourth-order valence-electron chi connectivity index (χ4n) is 5.45. The number of urea groups is 1. The molecule has 4 aromatic carbocycles. The van der Waals surface area contributed by atoms with Gasteiger partial charge in [0.1, 0.15) is 13.2 Å². The zero-order valence-corrected chi connectivity index (χ0v) is 28.9. The molecule has 4 aromatic rings. The van der Waals surface area contributed by atoms with Gasteiger partial charge in [-0.05, 0) is 72.5 Å². The third-order valence-electron chi connectivity index (χ3n) is 7.69. The van der Waals surface area contributed by atoms with Crippen molar-refractivity contribution in [2.24, 2.45) is 5.10 Å². The Labute approximate surface area is 295 Å². The number of aliphatic hydroxyl groups is 1. The van der Waals surface area contributed by atoms with Crippen LogP contribution >= 0.6 is 11.6 Å². The van der Waals surface area contributed by atoms with Crippen molar-refractivity contribution in [3.63, 3.8) is 0 Å². The lowest BCUT2D eigenvalue weighted by Gasteiger charge is -2.28. The Bertz CT molecular complexity index is 1910. The fraction of sp³-hybridized carbons (Fsp3) is 0.270. The van der Waals surface area contributed by atoms with E-state index < -0.39 is 24.3 Å². The van der Waals surface area contributed by atoms with Crippen molar-refractivity contribution >= 4 is 40.6 Å². The van der Waals surface area contributed by atoms with E-state index in [1.807, 2.05) is 38.1 Å². The topological polar surface area (TPSA) is 149 Å². The molecule has 50 heavy (non-hydrogen) atoms. The van der Waals surface area contributed by atoms with Gasteiger partial charge < -0.3 is 39.4 Å². The number of aliphatic hydroxyl groups excluding tert-OH is 1. The lowest BCUT2D eigenvalue weighted by Crippen LogP contribution is -2.45. The molecule has 1 aliphatic rings. The summed E-state index contributed by atoms with van der Waals surface area (Å²) in [6.45, 7) is 6.14. The Kier molecular flexibility index (Phi) is 12.0. The van der Waals surface area contributed by atoms with Crippen molar-refractivity contribution in [2.45, 2.75) is 39.6 Å². The quantitative estimate of drug-likeness (QED) is 0.0507. The van der Waals surface area contributed by atoms with Gasteiger partial charge in [-0.3, -0.25) is 5.43 Å². The highest BCUT2D eigenvalue weighted by atomic mass is 35.5. The van der Waals surface area contributed by atoms with Crippen LogP contribution < -0.4 is 35.0 Å². The van der Waals surface area contributed by atoms with Crippen LogP contribution in [0.2, 0.25) is 5.02 Å². The summed E-state index contributed by atoms with van der Waals surface area (Å²) < 4.78 is 28.5. The molecule has 13 heteroatoms. The van der Waals surface area contributed by atoms with Crippen molar-refractivity contribution in [2.75, 3.05) is 26.9 Å². The largest absolute Gasteiger partial charge is 0.490 e. The van der Waals surface area contributed by atoms with Crippen LogP contribution in [-0.4, -0.2) is 56.5 Å². The first-order valence-corrected chi connectivity index (χ1v) is 16.4. The molecule has 0 spiro atoms. The molecular weight excluding hydrogens is 664 g/mol. The molecule has 0 fully saturated rings. The first-order chi connectivity index (χ1) is 24.2. The Morgan fingerprint density at radius 2 is 1.74 bits per heavy atom. The van der Waals surface area contributed by atoms with Gasteiger partial charge in [-0.25, -0.2) is 9.59 Å². The summed E-state index contributed by atoms with van der Waals surface area (Å²) in [5.41, 5.74) is 5.49. The number of methoxy groups -OCH3 is 1. The first kappa shape index (κ1) is 35.8. The molecule has 5 rings (SSSR count). The summed E-state index contributed by atoms with van der Waals surface area (Å²) in [7, 11) is 1.27. The number of hydrazone groups is 1. The van der Waals surface area contributed by atoms with Gasteiger partial charge in [-0.2, -0.15) is 5.10 Å². The molecule has 1 heterocycles. The SMILES string of the molecule is CCOc1cc([C@@H]2NC(=O)NC(C)=C2C(=O)OC)ccc1OC[C@H](O)N/N=C\c1cc(Cl)c(OCc2cccc3ccccc23)c(OCC)c1. The molecule has 0 saturated carbocycles. The minimum Gasteiger partial charge on any atom is -0.490 e. The normalized spacial score (nSPS) is 14.9. The molecule has 0 unspecified atom stereocenters. The monoisotopic (exact) mass is 702 g/mol. The number of nitrogens with one attached hydrogen (secondary N) is 3. The van der Waals surface area contributed by atoms with Gasteiger partial charge in [0.15, 0.2) is 29.2 Å². The summed E-state index contributed by atoms with van der Waals surface area (Å²) in [6, 6.07) is 21.4. The number of rotatable bonds is 15. The van der Waals surface area contributed by atoms with Gasteiger partial charge in [0, 0.05) is 5.70 Å². The Hall–Kier alpha value is -5.46. The van der Waals surface area contributed by atoms with Crippen LogP contribution in [0.5, 0.6) is 23.0 Å². The predicted octanol–water partition coefficient (Wildman–Crippen LogP) is 5.99. The van der Waals surface area contributed by atoms with Crippen LogP contribution in [-0.2, 0) is 16.1 Å². The number of esters is 1. The maximum atomic E-state index is 12.5. The summed E-state index contributed by atoms with van der Waals surface area (Å²) in [5, 5.41) is 22.6. The maximum Gasteiger partial charge on any atom is 0.337 e. The molecule has 262 valence electrons. The molecule has 12 nitrogen and oxygen atoms in total. The minimum absolute atomic E-state index is 0.181. The van der Waals surface area contributed by atoms with Crippen molar-refractivity contribution < 1.29 is 38.4 Å². The Morgan fingerprint density at radius 3 is 2.52 bits per heavy atom. The Balaban J connectivity index is 1.23. The number of benzene rings is 4. The van der Waals surface area contributed by atoms with Gasteiger partial charge >= 0.3 is 12.0 Å². The zero-order chi connectivity index (χ0) is 35.6. The van der Waals surface area contributed by atoms with Gasteiger partial charge in [0.25, 0.3) is 0 Å². The highest BCUT2D eigenvalue weighted by Crippen LogP contribution is 2.38.